The fraction of sp³-hybridized carbons (Fsp3) is 0.250. The van der Waals surface area contributed by atoms with E-state index in [1.807, 2.05) is 24.1 Å². The van der Waals surface area contributed by atoms with E-state index in [4.69, 9.17) is 10.2 Å². The maximum absolute atomic E-state index is 5.49. The van der Waals surface area contributed by atoms with E-state index >= 15 is 0 Å². The molecule has 2 N–H and O–H groups in total. The SMILES string of the molecule is CN(Cc1ccc(Br)cc1)c1nc(CN)co1. The molecule has 0 saturated heterocycles. The molecule has 2 aromatic rings. The molecule has 1 aromatic carbocycles. The number of hydrogen-bond acceptors (Lipinski definition) is 4. The first kappa shape index (κ1) is 12.1. The lowest BCUT2D eigenvalue weighted by molar-refractivity contribution is 0.544. The lowest BCUT2D eigenvalue weighted by Gasteiger charge is -2.14. The molecule has 17 heavy (non-hydrogen) atoms. The zero-order valence-electron chi connectivity index (χ0n) is 9.56. The summed E-state index contributed by atoms with van der Waals surface area (Å²) in [7, 11) is 1.94. The second-order valence-electron chi connectivity index (χ2n) is 3.81. The largest absolute Gasteiger partial charge is 0.432 e. The maximum Gasteiger partial charge on any atom is 0.297 e. The van der Waals surface area contributed by atoms with Gasteiger partial charge in [-0.05, 0) is 17.7 Å². The van der Waals surface area contributed by atoms with Crippen molar-refractivity contribution in [2.45, 2.75) is 13.1 Å². The molecule has 0 aliphatic carbocycles. The van der Waals surface area contributed by atoms with Crippen molar-refractivity contribution in [1.29, 1.82) is 0 Å². The zero-order valence-corrected chi connectivity index (χ0v) is 11.1. The Labute approximate surface area is 109 Å². The van der Waals surface area contributed by atoms with Crippen molar-refractivity contribution in [3.63, 3.8) is 0 Å². The Hall–Kier alpha value is -1.33. The Morgan fingerprint density at radius 2 is 2.06 bits per heavy atom. The lowest BCUT2D eigenvalue weighted by Crippen LogP contribution is -2.16. The van der Waals surface area contributed by atoms with Crippen molar-refractivity contribution < 1.29 is 4.42 Å². The lowest BCUT2D eigenvalue weighted by atomic mass is 10.2. The molecule has 4 nitrogen and oxygen atoms in total. The van der Waals surface area contributed by atoms with Gasteiger partial charge < -0.3 is 15.1 Å². The monoisotopic (exact) mass is 295 g/mol. The predicted octanol–water partition coefficient (Wildman–Crippen LogP) is 2.53. The van der Waals surface area contributed by atoms with Crippen LogP contribution >= 0.6 is 15.9 Å². The van der Waals surface area contributed by atoms with Gasteiger partial charge in [-0.25, -0.2) is 0 Å². The van der Waals surface area contributed by atoms with Gasteiger partial charge in [-0.1, -0.05) is 28.1 Å². The summed E-state index contributed by atoms with van der Waals surface area (Å²) in [6.45, 7) is 1.15. The van der Waals surface area contributed by atoms with Crippen LogP contribution in [0.3, 0.4) is 0 Å². The first-order chi connectivity index (χ1) is 8.19. The summed E-state index contributed by atoms with van der Waals surface area (Å²) in [5.74, 6) is 0. The van der Waals surface area contributed by atoms with Crippen molar-refractivity contribution in [1.82, 2.24) is 4.98 Å². The van der Waals surface area contributed by atoms with E-state index in [0.29, 0.717) is 12.6 Å². The molecule has 0 aliphatic heterocycles. The minimum absolute atomic E-state index is 0.398. The van der Waals surface area contributed by atoms with Gasteiger partial charge in [0.1, 0.15) is 6.26 Å². The minimum atomic E-state index is 0.398. The molecule has 1 aromatic heterocycles. The summed E-state index contributed by atoms with van der Waals surface area (Å²) >= 11 is 3.41. The van der Waals surface area contributed by atoms with Crippen LogP contribution in [0, 0.1) is 0 Å². The van der Waals surface area contributed by atoms with Crippen LogP contribution in [0.2, 0.25) is 0 Å². The summed E-state index contributed by atoms with van der Waals surface area (Å²) < 4.78 is 6.41. The number of benzene rings is 1. The fourth-order valence-corrected chi connectivity index (χ4v) is 1.76. The van der Waals surface area contributed by atoms with Gasteiger partial charge in [-0.2, -0.15) is 4.98 Å². The molecule has 1 heterocycles. The smallest absolute Gasteiger partial charge is 0.297 e. The molecular formula is C12H14BrN3O. The molecule has 5 heteroatoms. The highest BCUT2D eigenvalue weighted by Crippen LogP contribution is 2.16. The van der Waals surface area contributed by atoms with Crippen LogP contribution in [0.4, 0.5) is 6.01 Å². The van der Waals surface area contributed by atoms with Gasteiger partial charge >= 0.3 is 0 Å². The van der Waals surface area contributed by atoms with Crippen molar-refractivity contribution in [2.24, 2.45) is 5.73 Å². The number of rotatable bonds is 4. The van der Waals surface area contributed by atoms with Crippen molar-refractivity contribution in [2.75, 3.05) is 11.9 Å². The second-order valence-corrected chi connectivity index (χ2v) is 4.72. The number of hydrogen-bond donors (Lipinski definition) is 1. The van der Waals surface area contributed by atoms with Crippen LogP contribution in [-0.4, -0.2) is 12.0 Å². The van der Waals surface area contributed by atoms with Crippen molar-refractivity contribution in [3.05, 3.63) is 46.3 Å². The fourth-order valence-electron chi connectivity index (χ4n) is 1.50. The Bertz CT molecular complexity index is 481. The number of halogens is 1. The normalized spacial score (nSPS) is 10.5. The highest BCUT2D eigenvalue weighted by Gasteiger charge is 2.08. The Balaban J connectivity index is 2.05. The topological polar surface area (TPSA) is 55.3 Å². The van der Waals surface area contributed by atoms with Crippen LogP contribution in [0.15, 0.2) is 39.4 Å². The van der Waals surface area contributed by atoms with Gasteiger partial charge in [-0.3, -0.25) is 0 Å². The number of anilines is 1. The van der Waals surface area contributed by atoms with Crippen molar-refractivity contribution >= 4 is 21.9 Å². The Morgan fingerprint density at radius 3 is 2.65 bits per heavy atom. The quantitative estimate of drug-likeness (QED) is 0.942. The molecular weight excluding hydrogens is 282 g/mol. The molecule has 90 valence electrons. The average molecular weight is 296 g/mol. The van der Waals surface area contributed by atoms with Crippen LogP contribution in [0.1, 0.15) is 11.3 Å². The third-order valence-corrected chi connectivity index (χ3v) is 2.94. The van der Waals surface area contributed by atoms with Gasteiger partial charge in [0.05, 0.1) is 5.69 Å². The van der Waals surface area contributed by atoms with Gasteiger partial charge in [0.15, 0.2) is 0 Å². The summed E-state index contributed by atoms with van der Waals surface area (Å²) in [6.07, 6.45) is 1.59. The Morgan fingerprint density at radius 1 is 1.35 bits per heavy atom. The van der Waals surface area contributed by atoms with E-state index in [1.165, 1.54) is 5.56 Å². The van der Waals surface area contributed by atoms with Gasteiger partial charge in [0, 0.05) is 24.6 Å². The zero-order chi connectivity index (χ0) is 12.3. The molecule has 0 radical (unpaired) electrons. The van der Waals surface area contributed by atoms with E-state index in [0.717, 1.165) is 16.7 Å². The molecule has 0 spiro atoms. The van der Waals surface area contributed by atoms with E-state index < -0.39 is 0 Å². The van der Waals surface area contributed by atoms with Gasteiger partial charge in [-0.15, -0.1) is 0 Å². The predicted molar refractivity (Wildman–Crippen MR) is 70.6 cm³/mol. The molecule has 0 unspecified atom stereocenters. The summed E-state index contributed by atoms with van der Waals surface area (Å²) in [5, 5.41) is 0. The third-order valence-electron chi connectivity index (χ3n) is 2.41. The molecule has 0 aliphatic rings. The number of nitrogens with two attached hydrogens (primary N) is 1. The highest BCUT2D eigenvalue weighted by molar-refractivity contribution is 9.10. The molecule has 0 bridgehead atoms. The van der Waals surface area contributed by atoms with Crippen molar-refractivity contribution in [3.8, 4) is 0 Å². The summed E-state index contributed by atoms with van der Waals surface area (Å²) in [6, 6.07) is 8.75. The first-order valence-electron chi connectivity index (χ1n) is 5.29. The standard InChI is InChI=1S/C12H14BrN3O/c1-16(12-15-11(6-14)8-17-12)7-9-2-4-10(13)5-3-9/h2-5,8H,6-7,14H2,1H3. The number of nitrogens with zero attached hydrogens (tertiary/aromatic N) is 2. The van der Waals surface area contributed by atoms with Crippen LogP contribution in [0.25, 0.3) is 0 Å². The van der Waals surface area contributed by atoms with E-state index in [2.05, 4.69) is 33.0 Å². The summed E-state index contributed by atoms with van der Waals surface area (Å²) in [4.78, 5) is 6.21. The highest BCUT2D eigenvalue weighted by atomic mass is 79.9. The molecule has 0 amide bonds. The first-order valence-corrected chi connectivity index (χ1v) is 6.08. The minimum Gasteiger partial charge on any atom is -0.432 e. The summed E-state index contributed by atoms with van der Waals surface area (Å²) in [5.41, 5.74) is 7.45. The number of aromatic nitrogens is 1. The van der Waals surface area contributed by atoms with Gasteiger partial charge in [0.25, 0.3) is 6.01 Å². The third kappa shape index (κ3) is 3.08. The Kier molecular flexibility index (Phi) is 3.81. The van der Waals surface area contributed by atoms with E-state index in [-0.39, 0.29) is 0 Å². The van der Waals surface area contributed by atoms with Crippen LogP contribution in [0.5, 0.6) is 0 Å². The second kappa shape index (κ2) is 5.33. The molecule has 0 fully saturated rings. The van der Waals surface area contributed by atoms with E-state index in [9.17, 15) is 0 Å². The maximum atomic E-state index is 5.49. The molecule has 0 atom stereocenters. The van der Waals surface area contributed by atoms with Crippen LogP contribution in [-0.2, 0) is 13.1 Å². The number of oxazole rings is 1. The average Bonchev–Trinajstić information content (AvgIpc) is 2.81. The van der Waals surface area contributed by atoms with Crippen LogP contribution < -0.4 is 10.6 Å². The van der Waals surface area contributed by atoms with Gasteiger partial charge in [0.2, 0.25) is 0 Å². The molecule has 2 rings (SSSR count). The molecule has 0 saturated carbocycles. The van der Waals surface area contributed by atoms with E-state index in [1.54, 1.807) is 6.26 Å².